The Balaban J connectivity index is 1.56. The van der Waals surface area contributed by atoms with Crippen molar-refractivity contribution in [2.24, 2.45) is 0 Å². The molecule has 0 atom stereocenters. The summed E-state index contributed by atoms with van der Waals surface area (Å²) in [5.74, 6) is -0.249. The number of amides is 3. The second-order valence-electron chi connectivity index (χ2n) is 8.99. The van der Waals surface area contributed by atoms with Gasteiger partial charge in [0.2, 0.25) is 10.0 Å². The van der Waals surface area contributed by atoms with Gasteiger partial charge >= 0.3 is 6.03 Å². The average molecular weight is 494 g/mol. The minimum Gasteiger partial charge on any atom is -0.331 e. The van der Waals surface area contributed by atoms with E-state index in [-0.39, 0.29) is 22.9 Å². The molecule has 1 heterocycles. The van der Waals surface area contributed by atoms with Crippen LogP contribution in [0.3, 0.4) is 0 Å². The Morgan fingerprint density at radius 1 is 0.914 bits per heavy atom. The van der Waals surface area contributed by atoms with Crippen LogP contribution in [0.25, 0.3) is 10.8 Å². The molecule has 0 bridgehead atoms. The SMILES string of the molecule is Cc1ccccc1C(=O)Nc1ccc(S(=O)(=O)NC2CCN(C(=O)N(C)[11CH3])CC2)c2ccccc12. The van der Waals surface area contributed by atoms with E-state index in [1.54, 1.807) is 49.3 Å². The van der Waals surface area contributed by atoms with Gasteiger partial charge in [0.25, 0.3) is 5.91 Å². The number of rotatable bonds is 5. The molecule has 0 aromatic heterocycles. The number of hydrogen-bond donors (Lipinski definition) is 2. The van der Waals surface area contributed by atoms with E-state index in [1.807, 2.05) is 31.2 Å². The molecule has 3 amide bonds. The van der Waals surface area contributed by atoms with Crippen LogP contribution in [0.2, 0.25) is 0 Å². The number of urea groups is 1. The number of piperidine rings is 1. The zero-order valence-corrected chi connectivity index (χ0v) is 20.9. The summed E-state index contributed by atoms with van der Waals surface area (Å²) in [5, 5.41) is 4.10. The van der Waals surface area contributed by atoms with Gasteiger partial charge in [-0.1, -0.05) is 42.5 Å². The fourth-order valence-electron chi connectivity index (χ4n) is 4.39. The van der Waals surface area contributed by atoms with Gasteiger partial charge in [-0.05, 0) is 43.5 Å². The lowest BCUT2D eigenvalue weighted by molar-refractivity contribution is 0.102. The zero-order valence-electron chi connectivity index (χ0n) is 20.1. The first-order valence-electron chi connectivity index (χ1n) is 11.5. The van der Waals surface area contributed by atoms with Crippen LogP contribution in [0, 0.1) is 6.92 Å². The van der Waals surface area contributed by atoms with Crippen LogP contribution in [-0.4, -0.2) is 63.4 Å². The lowest BCUT2D eigenvalue weighted by atomic mass is 10.1. The van der Waals surface area contributed by atoms with Crippen molar-refractivity contribution >= 4 is 38.4 Å². The molecule has 8 nitrogen and oxygen atoms in total. The third-order valence-electron chi connectivity index (χ3n) is 6.28. The summed E-state index contributed by atoms with van der Waals surface area (Å²) in [7, 11) is -0.414. The maximum absolute atomic E-state index is 13.4. The number of sulfonamides is 1. The molecule has 0 radical (unpaired) electrons. The van der Waals surface area contributed by atoms with Crippen molar-refractivity contribution in [3.8, 4) is 0 Å². The van der Waals surface area contributed by atoms with Gasteiger partial charge < -0.3 is 15.1 Å². The summed E-state index contributed by atoms with van der Waals surface area (Å²) in [6, 6.07) is 17.3. The largest absolute Gasteiger partial charge is 0.331 e. The molecule has 3 aromatic rings. The number of benzene rings is 3. The van der Waals surface area contributed by atoms with E-state index < -0.39 is 10.0 Å². The predicted molar refractivity (Wildman–Crippen MR) is 137 cm³/mol. The summed E-state index contributed by atoms with van der Waals surface area (Å²) in [6.45, 7) is 2.86. The van der Waals surface area contributed by atoms with Gasteiger partial charge in [0, 0.05) is 55.2 Å². The van der Waals surface area contributed by atoms with Gasteiger partial charge in [-0.3, -0.25) is 4.79 Å². The minimum atomic E-state index is -3.82. The Labute approximate surface area is 206 Å². The van der Waals surface area contributed by atoms with E-state index in [2.05, 4.69) is 10.0 Å². The van der Waals surface area contributed by atoms with Gasteiger partial charge in [-0.2, -0.15) is 0 Å². The summed E-state index contributed by atoms with van der Waals surface area (Å²) in [6.07, 6.45) is 1.09. The third kappa shape index (κ3) is 5.31. The van der Waals surface area contributed by atoms with Crippen LogP contribution in [0.5, 0.6) is 0 Å². The number of nitrogens with one attached hydrogen (secondary N) is 2. The van der Waals surface area contributed by atoms with Crippen molar-refractivity contribution in [1.29, 1.82) is 0 Å². The molecule has 1 fully saturated rings. The lowest BCUT2D eigenvalue weighted by Gasteiger charge is -2.33. The highest BCUT2D eigenvalue weighted by molar-refractivity contribution is 7.89. The van der Waals surface area contributed by atoms with Crippen molar-refractivity contribution < 1.29 is 18.0 Å². The molecule has 0 unspecified atom stereocenters. The summed E-state index contributed by atoms with van der Waals surface area (Å²) >= 11 is 0. The van der Waals surface area contributed by atoms with Crippen LogP contribution in [-0.2, 0) is 10.0 Å². The summed E-state index contributed by atoms with van der Waals surface area (Å²) in [5.41, 5.74) is 1.97. The third-order valence-corrected chi connectivity index (χ3v) is 7.86. The number of nitrogens with zero attached hydrogens (tertiary/aromatic N) is 2. The highest BCUT2D eigenvalue weighted by Gasteiger charge is 2.28. The molecule has 1 saturated heterocycles. The molecule has 2 N–H and O–H groups in total. The maximum atomic E-state index is 13.4. The van der Waals surface area contributed by atoms with E-state index in [9.17, 15) is 18.0 Å². The summed E-state index contributed by atoms with van der Waals surface area (Å²) < 4.78 is 29.5. The fourth-order valence-corrected chi connectivity index (χ4v) is 5.90. The molecule has 4 rings (SSSR count). The van der Waals surface area contributed by atoms with Crippen LogP contribution in [0.4, 0.5) is 10.5 Å². The standard InChI is InChI=1S/C26H30N4O4S/c1-18-8-4-5-9-20(18)25(31)27-23-12-13-24(22-11-7-6-10-21(22)23)35(33,34)28-19-14-16-30(17-15-19)26(32)29(2)3/h4-13,19,28H,14-17H2,1-3H3,(H,27,31)/i2-1. The molecule has 3 aromatic carbocycles. The normalized spacial score (nSPS) is 14.7. The van der Waals surface area contributed by atoms with E-state index in [4.69, 9.17) is 0 Å². The van der Waals surface area contributed by atoms with Crippen LogP contribution in [0.1, 0.15) is 28.8 Å². The monoisotopic (exact) mass is 493 g/mol. The molecule has 35 heavy (non-hydrogen) atoms. The zero-order chi connectivity index (χ0) is 25.2. The molecule has 0 saturated carbocycles. The molecule has 1 aliphatic heterocycles. The highest BCUT2D eigenvalue weighted by atomic mass is 32.2. The minimum absolute atomic E-state index is 0.0689. The maximum Gasteiger partial charge on any atom is 0.319 e. The fraction of sp³-hybridized carbons (Fsp3) is 0.308. The van der Waals surface area contributed by atoms with Crippen molar-refractivity contribution in [3.05, 3.63) is 71.8 Å². The Morgan fingerprint density at radius 2 is 1.54 bits per heavy atom. The van der Waals surface area contributed by atoms with Crippen molar-refractivity contribution in [3.63, 3.8) is 0 Å². The van der Waals surface area contributed by atoms with Gasteiger partial charge in [0.05, 0.1) is 4.90 Å². The Hall–Kier alpha value is -3.43. The molecule has 0 spiro atoms. The van der Waals surface area contributed by atoms with Crippen molar-refractivity contribution in [1.82, 2.24) is 14.5 Å². The van der Waals surface area contributed by atoms with E-state index in [0.29, 0.717) is 48.0 Å². The number of likely N-dealkylation sites (tertiary alicyclic amines) is 1. The predicted octanol–water partition coefficient (Wildman–Crippen LogP) is 3.82. The Morgan fingerprint density at radius 3 is 2.20 bits per heavy atom. The first kappa shape index (κ1) is 24.7. The first-order chi connectivity index (χ1) is 16.7. The number of fused-ring (bicyclic) bond motifs is 1. The Bertz CT molecular complexity index is 1360. The average Bonchev–Trinajstić information content (AvgIpc) is 2.84. The quantitative estimate of drug-likeness (QED) is 0.564. The van der Waals surface area contributed by atoms with E-state index >= 15 is 0 Å². The lowest BCUT2D eigenvalue weighted by Crippen LogP contribution is -2.49. The van der Waals surface area contributed by atoms with Gasteiger partial charge in [0.1, 0.15) is 0 Å². The topological polar surface area (TPSA) is 98.8 Å². The number of carbonyl (C=O) groups excluding carboxylic acids is 2. The molecular weight excluding hydrogens is 463 g/mol. The van der Waals surface area contributed by atoms with E-state index in [0.717, 1.165) is 5.56 Å². The number of anilines is 1. The van der Waals surface area contributed by atoms with Crippen LogP contribution >= 0.6 is 0 Å². The second kappa shape index (κ2) is 10.1. The van der Waals surface area contributed by atoms with Crippen LogP contribution < -0.4 is 10.0 Å². The number of carbonyl (C=O) groups is 2. The first-order valence-corrected chi connectivity index (χ1v) is 13.0. The van der Waals surface area contributed by atoms with Gasteiger partial charge in [-0.25, -0.2) is 17.9 Å². The van der Waals surface area contributed by atoms with E-state index in [1.165, 1.54) is 11.0 Å². The van der Waals surface area contributed by atoms with Gasteiger partial charge in [0.15, 0.2) is 0 Å². The van der Waals surface area contributed by atoms with Crippen molar-refractivity contribution in [2.45, 2.75) is 30.7 Å². The smallest absolute Gasteiger partial charge is 0.319 e. The molecule has 0 aliphatic carbocycles. The molecule has 1 aliphatic rings. The second-order valence-corrected chi connectivity index (χ2v) is 10.7. The van der Waals surface area contributed by atoms with Crippen LogP contribution in [0.15, 0.2) is 65.6 Å². The number of aryl methyl sites for hydroxylation is 1. The highest BCUT2D eigenvalue weighted by Crippen LogP contribution is 2.30. The molecule has 184 valence electrons. The van der Waals surface area contributed by atoms with Gasteiger partial charge in [-0.15, -0.1) is 0 Å². The molecule has 9 heteroatoms. The number of hydrogen-bond acceptors (Lipinski definition) is 4. The van der Waals surface area contributed by atoms with Crippen molar-refractivity contribution in [2.75, 3.05) is 32.5 Å². The summed E-state index contributed by atoms with van der Waals surface area (Å²) in [4.78, 5) is 28.4. The molecular formula is C26H30N4O4S. The Kier molecular flexibility index (Phi) is 7.09.